The third kappa shape index (κ3) is 1.93. The van der Waals surface area contributed by atoms with E-state index in [4.69, 9.17) is 4.74 Å². The Hall–Kier alpha value is -2.56. The molecule has 0 spiro atoms. The largest absolute Gasteiger partial charge is 0.492 e. The third-order valence-electron chi connectivity index (χ3n) is 3.84. The molecule has 5 nitrogen and oxygen atoms in total. The summed E-state index contributed by atoms with van der Waals surface area (Å²) in [6.45, 7) is 0.625. The number of rotatable bonds is 2. The number of hydrogen-bond acceptors (Lipinski definition) is 4. The van der Waals surface area contributed by atoms with Gasteiger partial charge in [-0.2, -0.15) is 0 Å². The predicted octanol–water partition coefficient (Wildman–Crippen LogP) is 2.55. The van der Waals surface area contributed by atoms with Crippen LogP contribution in [0.3, 0.4) is 0 Å². The van der Waals surface area contributed by atoms with Gasteiger partial charge in [0.25, 0.3) is 0 Å². The van der Waals surface area contributed by atoms with Gasteiger partial charge in [-0.15, -0.1) is 0 Å². The lowest BCUT2D eigenvalue weighted by Crippen LogP contribution is -2.10. The number of ether oxygens (including phenoxy) is 1. The SMILES string of the molecule is CN(C)c1ccc2[nH]c(C3COc4ccccc43)nc2n1. The molecule has 5 heteroatoms. The van der Waals surface area contributed by atoms with Crippen molar-refractivity contribution in [3.63, 3.8) is 0 Å². The maximum atomic E-state index is 5.73. The summed E-state index contributed by atoms with van der Waals surface area (Å²) in [5, 5.41) is 0. The number of nitrogens with one attached hydrogen (secondary N) is 1. The molecular formula is C16H16N4O. The van der Waals surface area contributed by atoms with Gasteiger partial charge in [0, 0.05) is 19.7 Å². The lowest BCUT2D eigenvalue weighted by Gasteiger charge is -2.09. The summed E-state index contributed by atoms with van der Waals surface area (Å²) in [4.78, 5) is 14.6. The molecule has 1 aliphatic rings. The van der Waals surface area contributed by atoms with Gasteiger partial charge in [-0.3, -0.25) is 0 Å². The Morgan fingerprint density at radius 3 is 2.86 bits per heavy atom. The second-order valence-corrected chi connectivity index (χ2v) is 5.46. The lowest BCUT2D eigenvalue weighted by atomic mass is 10.0. The van der Waals surface area contributed by atoms with E-state index in [1.165, 1.54) is 5.56 Å². The number of para-hydroxylation sites is 1. The van der Waals surface area contributed by atoms with Gasteiger partial charge < -0.3 is 14.6 Å². The van der Waals surface area contributed by atoms with Crippen molar-refractivity contribution in [2.45, 2.75) is 5.92 Å². The summed E-state index contributed by atoms with van der Waals surface area (Å²) in [5.74, 6) is 2.92. The number of nitrogens with zero attached hydrogens (tertiary/aromatic N) is 3. The molecule has 0 radical (unpaired) electrons. The third-order valence-corrected chi connectivity index (χ3v) is 3.84. The first-order chi connectivity index (χ1) is 10.2. The maximum Gasteiger partial charge on any atom is 0.179 e. The minimum atomic E-state index is 0.151. The van der Waals surface area contributed by atoms with Crippen LogP contribution in [-0.2, 0) is 0 Å². The van der Waals surface area contributed by atoms with Crippen molar-refractivity contribution in [2.75, 3.05) is 25.6 Å². The number of benzene rings is 1. The molecule has 0 saturated heterocycles. The fourth-order valence-corrected chi connectivity index (χ4v) is 2.70. The van der Waals surface area contributed by atoms with Crippen molar-refractivity contribution in [3.8, 4) is 5.75 Å². The molecular weight excluding hydrogens is 264 g/mol. The molecule has 1 unspecified atom stereocenters. The normalized spacial score (nSPS) is 16.8. The first-order valence-electron chi connectivity index (χ1n) is 6.98. The van der Waals surface area contributed by atoms with Crippen molar-refractivity contribution < 1.29 is 4.74 Å². The molecule has 21 heavy (non-hydrogen) atoms. The van der Waals surface area contributed by atoms with E-state index in [2.05, 4.69) is 21.0 Å². The number of H-pyrrole nitrogens is 1. The van der Waals surface area contributed by atoms with Crippen molar-refractivity contribution in [1.82, 2.24) is 15.0 Å². The average molecular weight is 280 g/mol. The first kappa shape index (κ1) is 12.2. The second kappa shape index (κ2) is 4.48. The van der Waals surface area contributed by atoms with E-state index in [1.54, 1.807) is 0 Å². The van der Waals surface area contributed by atoms with Gasteiger partial charge in [0.1, 0.15) is 24.0 Å². The summed E-state index contributed by atoms with van der Waals surface area (Å²) < 4.78 is 5.73. The highest BCUT2D eigenvalue weighted by Gasteiger charge is 2.28. The molecule has 1 N–H and O–H groups in total. The molecule has 0 amide bonds. The summed E-state index contributed by atoms with van der Waals surface area (Å²) >= 11 is 0. The van der Waals surface area contributed by atoms with Crippen LogP contribution in [-0.4, -0.2) is 35.7 Å². The van der Waals surface area contributed by atoms with E-state index in [0.29, 0.717) is 6.61 Å². The molecule has 0 bridgehead atoms. The van der Waals surface area contributed by atoms with Gasteiger partial charge in [0.05, 0.1) is 11.4 Å². The van der Waals surface area contributed by atoms with Gasteiger partial charge in [0.15, 0.2) is 5.65 Å². The minimum Gasteiger partial charge on any atom is -0.492 e. The molecule has 0 aliphatic carbocycles. The van der Waals surface area contributed by atoms with E-state index in [0.717, 1.165) is 28.6 Å². The Balaban J connectivity index is 1.78. The molecule has 1 atom stereocenters. The van der Waals surface area contributed by atoms with Crippen LogP contribution in [0.5, 0.6) is 5.75 Å². The van der Waals surface area contributed by atoms with Crippen LogP contribution in [0.25, 0.3) is 11.2 Å². The Kier molecular flexibility index (Phi) is 2.60. The summed E-state index contributed by atoms with van der Waals surface area (Å²) in [5.41, 5.74) is 2.89. The number of hydrogen-bond donors (Lipinski definition) is 1. The number of pyridine rings is 1. The monoisotopic (exact) mass is 280 g/mol. The summed E-state index contributed by atoms with van der Waals surface area (Å²) in [7, 11) is 3.95. The highest BCUT2D eigenvalue weighted by atomic mass is 16.5. The van der Waals surface area contributed by atoms with Crippen LogP contribution in [0.15, 0.2) is 36.4 Å². The fraction of sp³-hybridized carbons (Fsp3) is 0.250. The number of fused-ring (bicyclic) bond motifs is 2. The van der Waals surface area contributed by atoms with Crippen molar-refractivity contribution >= 4 is 17.0 Å². The van der Waals surface area contributed by atoms with Crippen molar-refractivity contribution in [3.05, 3.63) is 47.8 Å². The number of aromatic nitrogens is 3. The minimum absolute atomic E-state index is 0.151. The molecule has 3 heterocycles. The standard InChI is InChI=1S/C16H16N4O/c1-20(2)14-8-7-12-16(18-14)19-15(17-12)11-9-21-13-6-4-3-5-10(11)13/h3-8,11H,9H2,1-2H3,(H,17,18,19). The fourth-order valence-electron chi connectivity index (χ4n) is 2.70. The van der Waals surface area contributed by atoms with Crippen molar-refractivity contribution in [1.29, 1.82) is 0 Å². The van der Waals surface area contributed by atoms with Gasteiger partial charge in [-0.05, 0) is 18.2 Å². The molecule has 0 saturated carbocycles. The summed E-state index contributed by atoms with van der Waals surface area (Å²) in [6, 6.07) is 12.1. The molecule has 1 aromatic carbocycles. The zero-order valence-corrected chi connectivity index (χ0v) is 12.0. The molecule has 106 valence electrons. The van der Waals surface area contributed by atoms with Gasteiger partial charge >= 0.3 is 0 Å². The number of anilines is 1. The Morgan fingerprint density at radius 1 is 1.14 bits per heavy atom. The second-order valence-electron chi connectivity index (χ2n) is 5.46. The molecule has 4 rings (SSSR count). The van der Waals surface area contributed by atoms with Crippen molar-refractivity contribution in [2.24, 2.45) is 0 Å². The Morgan fingerprint density at radius 2 is 2.00 bits per heavy atom. The van der Waals surface area contributed by atoms with E-state index in [-0.39, 0.29) is 5.92 Å². The maximum absolute atomic E-state index is 5.73. The van der Waals surface area contributed by atoms with Crippen LogP contribution < -0.4 is 9.64 Å². The average Bonchev–Trinajstić information content (AvgIpc) is 3.09. The zero-order chi connectivity index (χ0) is 14.4. The highest BCUT2D eigenvalue weighted by molar-refractivity contribution is 5.73. The van der Waals surface area contributed by atoms with Crippen LogP contribution in [0, 0.1) is 0 Å². The Labute approximate surface area is 122 Å². The highest BCUT2D eigenvalue weighted by Crippen LogP contribution is 2.37. The van der Waals surface area contributed by atoms with E-state index in [9.17, 15) is 0 Å². The number of imidazole rings is 1. The van der Waals surface area contributed by atoms with Crippen LogP contribution >= 0.6 is 0 Å². The van der Waals surface area contributed by atoms with Gasteiger partial charge in [-0.1, -0.05) is 18.2 Å². The number of aromatic amines is 1. The molecule has 3 aromatic rings. The lowest BCUT2D eigenvalue weighted by molar-refractivity contribution is 0.340. The van der Waals surface area contributed by atoms with Crippen LogP contribution in [0.1, 0.15) is 17.3 Å². The van der Waals surface area contributed by atoms with E-state index in [1.807, 2.05) is 49.3 Å². The van der Waals surface area contributed by atoms with Crippen LogP contribution in [0.4, 0.5) is 5.82 Å². The van der Waals surface area contributed by atoms with Gasteiger partial charge in [0.2, 0.25) is 0 Å². The smallest absolute Gasteiger partial charge is 0.179 e. The molecule has 2 aromatic heterocycles. The van der Waals surface area contributed by atoms with E-state index < -0.39 is 0 Å². The molecule has 0 fully saturated rings. The first-order valence-corrected chi connectivity index (χ1v) is 6.98. The van der Waals surface area contributed by atoms with E-state index >= 15 is 0 Å². The Bertz CT molecular complexity index is 809. The zero-order valence-electron chi connectivity index (χ0n) is 12.0. The quantitative estimate of drug-likeness (QED) is 0.784. The van der Waals surface area contributed by atoms with Gasteiger partial charge in [-0.25, -0.2) is 9.97 Å². The van der Waals surface area contributed by atoms with Crippen LogP contribution in [0.2, 0.25) is 0 Å². The predicted molar refractivity (Wildman–Crippen MR) is 82.0 cm³/mol. The molecule has 1 aliphatic heterocycles. The summed E-state index contributed by atoms with van der Waals surface area (Å²) in [6.07, 6.45) is 0. The topological polar surface area (TPSA) is 54.0 Å².